The number of halogens is 1. The molecular formula is C10H11FN2O2. The molecule has 1 N–H and O–H groups in total. The minimum absolute atomic E-state index is 0.205. The van der Waals surface area contributed by atoms with E-state index in [0.717, 1.165) is 18.9 Å². The maximum absolute atomic E-state index is 13.6. The number of hydrogen-bond donors (Lipinski definition) is 1. The Labute approximate surface area is 86.3 Å². The molecule has 0 aliphatic heterocycles. The van der Waals surface area contributed by atoms with Gasteiger partial charge in [0, 0.05) is 17.2 Å². The lowest BCUT2D eigenvalue weighted by Crippen LogP contribution is -2.25. The monoisotopic (exact) mass is 210 g/mol. The lowest BCUT2D eigenvalue weighted by atomic mass is 10.0. The molecular weight excluding hydrogens is 199 g/mol. The first-order valence-electron chi connectivity index (χ1n) is 4.72. The highest BCUT2D eigenvalue weighted by Gasteiger charge is 2.44. The highest BCUT2D eigenvalue weighted by atomic mass is 19.1. The smallest absolute Gasteiger partial charge is 0.272 e. The van der Waals surface area contributed by atoms with Crippen LogP contribution >= 0.6 is 0 Å². The molecule has 0 saturated heterocycles. The van der Waals surface area contributed by atoms with Crippen molar-refractivity contribution in [2.75, 3.05) is 7.05 Å². The zero-order chi connectivity index (χ0) is 11.1. The Morgan fingerprint density at radius 2 is 2.20 bits per heavy atom. The largest absolute Gasteiger partial charge is 0.310 e. The van der Waals surface area contributed by atoms with Crippen LogP contribution < -0.4 is 5.32 Å². The summed E-state index contributed by atoms with van der Waals surface area (Å²) in [4.78, 5) is 9.83. The van der Waals surface area contributed by atoms with Gasteiger partial charge < -0.3 is 5.32 Å². The number of non-ortho nitro benzene ring substituents is 1. The number of nitro benzene ring substituents is 1. The van der Waals surface area contributed by atoms with Crippen molar-refractivity contribution in [3.05, 3.63) is 39.7 Å². The number of hydrogen-bond acceptors (Lipinski definition) is 3. The van der Waals surface area contributed by atoms with Crippen molar-refractivity contribution in [2.24, 2.45) is 0 Å². The van der Waals surface area contributed by atoms with Crippen molar-refractivity contribution >= 4 is 5.69 Å². The molecule has 15 heavy (non-hydrogen) atoms. The van der Waals surface area contributed by atoms with Crippen molar-refractivity contribution < 1.29 is 9.31 Å². The van der Waals surface area contributed by atoms with E-state index in [1.807, 2.05) is 0 Å². The van der Waals surface area contributed by atoms with Crippen molar-refractivity contribution in [3.8, 4) is 0 Å². The van der Waals surface area contributed by atoms with E-state index < -0.39 is 10.7 Å². The zero-order valence-corrected chi connectivity index (χ0v) is 8.29. The molecule has 0 aromatic heterocycles. The molecule has 0 bridgehead atoms. The highest BCUT2D eigenvalue weighted by Crippen LogP contribution is 2.46. The molecule has 2 rings (SSSR count). The van der Waals surface area contributed by atoms with Gasteiger partial charge in [-0.15, -0.1) is 0 Å². The molecule has 1 aliphatic carbocycles. The van der Waals surface area contributed by atoms with Crippen LogP contribution in [-0.4, -0.2) is 12.0 Å². The van der Waals surface area contributed by atoms with Crippen molar-refractivity contribution in [1.29, 1.82) is 0 Å². The molecule has 0 spiro atoms. The Kier molecular flexibility index (Phi) is 2.19. The molecule has 0 atom stereocenters. The quantitative estimate of drug-likeness (QED) is 0.612. The molecule has 1 saturated carbocycles. The van der Waals surface area contributed by atoms with Crippen LogP contribution in [0.4, 0.5) is 10.1 Å². The van der Waals surface area contributed by atoms with E-state index in [2.05, 4.69) is 5.32 Å². The van der Waals surface area contributed by atoms with Crippen LogP contribution in [0.2, 0.25) is 0 Å². The summed E-state index contributed by atoms with van der Waals surface area (Å²) in [5.74, 6) is -0.504. The summed E-state index contributed by atoms with van der Waals surface area (Å²) in [6, 6.07) is 3.82. The Bertz CT molecular complexity index is 416. The first-order valence-corrected chi connectivity index (χ1v) is 4.72. The summed E-state index contributed by atoms with van der Waals surface area (Å²) >= 11 is 0. The molecule has 1 aliphatic rings. The zero-order valence-electron chi connectivity index (χ0n) is 8.29. The average Bonchev–Trinajstić information content (AvgIpc) is 2.98. The van der Waals surface area contributed by atoms with Crippen molar-refractivity contribution in [2.45, 2.75) is 18.4 Å². The highest BCUT2D eigenvalue weighted by molar-refractivity contribution is 5.39. The molecule has 0 heterocycles. The summed E-state index contributed by atoms with van der Waals surface area (Å²) in [7, 11) is 1.77. The third-order valence-corrected chi connectivity index (χ3v) is 2.91. The number of rotatable bonds is 3. The summed E-state index contributed by atoms with van der Waals surface area (Å²) in [6.45, 7) is 0. The summed E-state index contributed by atoms with van der Waals surface area (Å²) in [6.07, 6.45) is 1.75. The molecule has 1 aromatic rings. The first-order chi connectivity index (χ1) is 7.09. The SMILES string of the molecule is CNC1(c2ccc([N+](=O)[O-])cc2F)CC1. The van der Waals surface area contributed by atoms with Crippen molar-refractivity contribution in [3.63, 3.8) is 0 Å². The second-order valence-electron chi connectivity index (χ2n) is 3.75. The van der Waals surface area contributed by atoms with E-state index in [1.54, 1.807) is 7.05 Å². The van der Waals surface area contributed by atoms with Gasteiger partial charge in [0.25, 0.3) is 5.69 Å². The average molecular weight is 210 g/mol. The lowest BCUT2D eigenvalue weighted by Gasteiger charge is -2.14. The van der Waals surface area contributed by atoms with Gasteiger partial charge in [0.15, 0.2) is 0 Å². The van der Waals surface area contributed by atoms with Gasteiger partial charge in [-0.25, -0.2) is 4.39 Å². The lowest BCUT2D eigenvalue weighted by molar-refractivity contribution is -0.385. The molecule has 1 fully saturated rings. The van der Waals surface area contributed by atoms with Gasteiger partial charge in [0.05, 0.1) is 11.0 Å². The number of benzene rings is 1. The first kappa shape index (κ1) is 10.0. The van der Waals surface area contributed by atoms with E-state index in [4.69, 9.17) is 0 Å². The summed E-state index contributed by atoms with van der Waals surface area (Å²) in [5, 5.41) is 13.5. The number of nitrogens with zero attached hydrogens (tertiary/aromatic N) is 1. The molecule has 80 valence electrons. The van der Waals surface area contributed by atoms with Crippen LogP contribution in [0.25, 0.3) is 0 Å². The van der Waals surface area contributed by atoms with E-state index in [0.29, 0.717) is 5.56 Å². The van der Waals surface area contributed by atoms with Gasteiger partial charge in [-0.3, -0.25) is 10.1 Å². The maximum atomic E-state index is 13.6. The Hall–Kier alpha value is -1.49. The van der Waals surface area contributed by atoms with Crippen LogP contribution in [0.15, 0.2) is 18.2 Å². The van der Waals surface area contributed by atoms with E-state index >= 15 is 0 Å². The minimum Gasteiger partial charge on any atom is -0.310 e. The predicted molar refractivity (Wildman–Crippen MR) is 53.0 cm³/mol. The van der Waals surface area contributed by atoms with Gasteiger partial charge >= 0.3 is 0 Å². The molecule has 0 unspecified atom stereocenters. The summed E-state index contributed by atoms with van der Waals surface area (Å²) in [5.41, 5.74) is 0.0258. The topological polar surface area (TPSA) is 55.2 Å². The van der Waals surface area contributed by atoms with Gasteiger partial charge in [0.1, 0.15) is 5.82 Å². The van der Waals surface area contributed by atoms with E-state index in [1.165, 1.54) is 12.1 Å². The van der Waals surface area contributed by atoms with Crippen molar-refractivity contribution in [1.82, 2.24) is 5.32 Å². The fourth-order valence-electron chi connectivity index (χ4n) is 1.78. The Balaban J connectivity index is 2.39. The van der Waals surface area contributed by atoms with Gasteiger partial charge in [-0.2, -0.15) is 0 Å². The number of nitro groups is 1. The predicted octanol–water partition coefficient (Wildman–Crippen LogP) is 1.94. The van der Waals surface area contributed by atoms with Gasteiger partial charge in [-0.05, 0) is 26.0 Å². The third-order valence-electron chi connectivity index (χ3n) is 2.91. The minimum atomic E-state index is -0.591. The standard InChI is InChI=1S/C10H11FN2O2/c1-12-10(4-5-10)8-3-2-7(13(14)15)6-9(8)11/h2-3,6,12H,4-5H2,1H3. The van der Waals surface area contributed by atoms with Crippen LogP contribution in [0.5, 0.6) is 0 Å². The fraction of sp³-hybridized carbons (Fsp3) is 0.400. The second kappa shape index (κ2) is 3.27. The maximum Gasteiger partial charge on any atom is 0.272 e. The molecule has 5 heteroatoms. The van der Waals surface area contributed by atoms with E-state index in [-0.39, 0.29) is 11.2 Å². The molecule has 4 nitrogen and oxygen atoms in total. The normalized spacial score (nSPS) is 17.5. The van der Waals surface area contributed by atoms with E-state index in [9.17, 15) is 14.5 Å². The van der Waals surface area contributed by atoms with Gasteiger partial charge in [0.2, 0.25) is 0 Å². The van der Waals surface area contributed by atoms with Crippen LogP contribution in [0.1, 0.15) is 18.4 Å². The number of nitrogens with one attached hydrogen (secondary N) is 1. The fourth-order valence-corrected chi connectivity index (χ4v) is 1.78. The molecule has 0 amide bonds. The van der Waals surface area contributed by atoms with Crippen LogP contribution in [0.3, 0.4) is 0 Å². The Morgan fingerprint density at radius 1 is 1.53 bits per heavy atom. The van der Waals surface area contributed by atoms with Crippen LogP contribution in [0, 0.1) is 15.9 Å². The van der Waals surface area contributed by atoms with Gasteiger partial charge in [-0.1, -0.05) is 0 Å². The van der Waals surface area contributed by atoms with Crippen LogP contribution in [-0.2, 0) is 5.54 Å². The Morgan fingerprint density at radius 3 is 2.60 bits per heavy atom. The second-order valence-corrected chi connectivity index (χ2v) is 3.75. The molecule has 0 radical (unpaired) electrons. The third kappa shape index (κ3) is 1.59. The molecule has 1 aromatic carbocycles. The summed E-state index contributed by atoms with van der Waals surface area (Å²) < 4.78 is 13.6.